The van der Waals surface area contributed by atoms with Crippen molar-refractivity contribution in [1.82, 2.24) is 10.2 Å². The zero-order valence-electron chi connectivity index (χ0n) is 11.0. The van der Waals surface area contributed by atoms with Gasteiger partial charge in [0, 0.05) is 15.7 Å². The lowest BCUT2D eigenvalue weighted by Crippen LogP contribution is -2.44. The molecule has 1 aliphatic heterocycles. The number of hydrogen-bond acceptors (Lipinski definition) is 3. The topological polar surface area (TPSA) is 75.4 Å². The molecule has 1 aromatic rings. The van der Waals surface area contributed by atoms with Crippen molar-refractivity contribution in [2.45, 2.75) is 37.8 Å². The zero-order chi connectivity index (χ0) is 14.3. The smallest absolute Gasteiger partial charge is 0.325 e. The van der Waals surface area contributed by atoms with Crippen molar-refractivity contribution in [1.29, 1.82) is 0 Å². The largest absolute Gasteiger partial charge is 0.398 e. The molecule has 2 aliphatic rings. The molecule has 0 atom stereocenters. The molecule has 3 rings (SSSR count). The first-order chi connectivity index (χ1) is 9.53. The molecule has 0 bridgehead atoms. The number of imide groups is 1. The van der Waals surface area contributed by atoms with Crippen LogP contribution in [0.1, 0.15) is 31.2 Å². The van der Waals surface area contributed by atoms with Crippen LogP contribution in [0.2, 0.25) is 0 Å². The summed E-state index contributed by atoms with van der Waals surface area (Å²) in [5, 5.41) is 2.87. The quantitative estimate of drug-likeness (QED) is 0.642. The maximum atomic E-state index is 12.6. The minimum absolute atomic E-state index is 0.116. The average Bonchev–Trinajstić information content (AvgIpc) is 2.95. The van der Waals surface area contributed by atoms with E-state index in [2.05, 4.69) is 21.2 Å². The van der Waals surface area contributed by atoms with Crippen LogP contribution in [-0.4, -0.2) is 22.4 Å². The summed E-state index contributed by atoms with van der Waals surface area (Å²) < 4.78 is 0.811. The van der Waals surface area contributed by atoms with Gasteiger partial charge < -0.3 is 11.1 Å². The number of nitrogens with one attached hydrogen (secondary N) is 1. The molecule has 1 heterocycles. The summed E-state index contributed by atoms with van der Waals surface area (Å²) in [6.07, 6.45) is 3.44. The van der Waals surface area contributed by atoms with Crippen LogP contribution in [0, 0.1) is 0 Å². The van der Waals surface area contributed by atoms with Gasteiger partial charge in [-0.3, -0.25) is 9.69 Å². The van der Waals surface area contributed by atoms with Crippen molar-refractivity contribution in [2.24, 2.45) is 0 Å². The first kappa shape index (κ1) is 13.4. The lowest BCUT2D eigenvalue weighted by molar-refractivity contribution is -0.131. The highest BCUT2D eigenvalue weighted by Gasteiger charge is 2.52. The number of benzene rings is 1. The number of amides is 3. The molecule has 1 aromatic carbocycles. The maximum Gasteiger partial charge on any atom is 0.325 e. The molecule has 1 aliphatic carbocycles. The predicted octanol–water partition coefficient (Wildman–Crippen LogP) is 2.40. The number of anilines is 1. The molecule has 20 heavy (non-hydrogen) atoms. The van der Waals surface area contributed by atoms with E-state index in [1.165, 1.54) is 4.90 Å². The molecule has 1 saturated carbocycles. The standard InChI is InChI=1S/C14H16BrN3O2/c15-10-4-3-5-11(16)9(10)8-18-12(19)14(17-13(18)20)6-1-2-7-14/h3-5H,1-2,6-8,16H2,(H,17,20). The van der Waals surface area contributed by atoms with Gasteiger partial charge in [0.2, 0.25) is 0 Å². The monoisotopic (exact) mass is 337 g/mol. The Hall–Kier alpha value is -1.56. The van der Waals surface area contributed by atoms with E-state index < -0.39 is 5.54 Å². The Morgan fingerprint density at radius 3 is 2.65 bits per heavy atom. The second-order valence-corrected chi connectivity index (χ2v) is 6.27. The third-order valence-corrected chi connectivity index (χ3v) is 4.92. The fourth-order valence-electron chi connectivity index (χ4n) is 3.04. The van der Waals surface area contributed by atoms with Crippen LogP contribution in [0.15, 0.2) is 22.7 Å². The van der Waals surface area contributed by atoms with Crippen LogP contribution >= 0.6 is 15.9 Å². The van der Waals surface area contributed by atoms with E-state index in [0.29, 0.717) is 5.69 Å². The summed E-state index contributed by atoms with van der Waals surface area (Å²) in [6, 6.07) is 5.14. The van der Waals surface area contributed by atoms with Gasteiger partial charge in [-0.1, -0.05) is 34.8 Å². The summed E-state index contributed by atoms with van der Waals surface area (Å²) in [4.78, 5) is 25.9. The Bertz CT molecular complexity index is 562. The molecule has 3 amide bonds. The van der Waals surface area contributed by atoms with Gasteiger partial charge in [0.25, 0.3) is 5.91 Å². The summed E-state index contributed by atoms with van der Waals surface area (Å²) in [5.74, 6) is -0.116. The number of nitrogen functional groups attached to an aromatic ring is 1. The van der Waals surface area contributed by atoms with Gasteiger partial charge in [-0.25, -0.2) is 4.79 Å². The van der Waals surface area contributed by atoms with Gasteiger partial charge in [-0.2, -0.15) is 0 Å². The van der Waals surface area contributed by atoms with E-state index in [-0.39, 0.29) is 18.5 Å². The van der Waals surface area contributed by atoms with E-state index in [9.17, 15) is 9.59 Å². The highest BCUT2D eigenvalue weighted by atomic mass is 79.9. The van der Waals surface area contributed by atoms with Gasteiger partial charge in [-0.05, 0) is 25.0 Å². The van der Waals surface area contributed by atoms with Crippen LogP contribution < -0.4 is 11.1 Å². The SMILES string of the molecule is Nc1cccc(Br)c1CN1C(=O)NC2(CCCC2)C1=O. The third kappa shape index (κ3) is 1.98. The van der Waals surface area contributed by atoms with Crippen LogP contribution in [0.4, 0.5) is 10.5 Å². The van der Waals surface area contributed by atoms with Crippen molar-refractivity contribution in [3.63, 3.8) is 0 Å². The minimum Gasteiger partial charge on any atom is -0.398 e. The van der Waals surface area contributed by atoms with Crippen LogP contribution in [0.3, 0.4) is 0 Å². The lowest BCUT2D eigenvalue weighted by atomic mass is 9.98. The highest BCUT2D eigenvalue weighted by Crippen LogP contribution is 2.36. The number of hydrogen-bond donors (Lipinski definition) is 2. The fourth-order valence-corrected chi connectivity index (χ4v) is 3.54. The molecule has 1 saturated heterocycles. The third-order valence-electron chi connectivity index (χ3n) is 4.17. The normalized spacial score (nSPS) is 20.8. The van der Waals surface area contributed by atoms with Crippen LogP contribution in [0.5, 0.6) is 0 Å². The summed E-state index contributed by atoms with van der Waals surface area (Å²) in [7, 11) is 0. The van der Waals surface area contributed by atoms with Crippen LogP contribution in [0.25, 0.3) is 0 Å². The number of nitrogens with zero attached hydrogens (tertiary/aromatic N) is 1. The molecule has 0 unspecified atom stereocenters. The van der Waals surface area contributed by atoms with E-state index in [1.54, 1.807) is 6.07 Å². The molecule has 106 valence electrons. The molecule has 0 aromatic heterocycles. The highest BCUT2D eigenvalue weighted by molar-refractivity contribution is 9.10. The number of halogens is 1. The van der Waals surface area contributed by atoms with E-state index in [1.807, 2.05) is 12.1 Å². The second-order valence-electron chi connectivity index (χ2n) is 5.42. The zero-order valence-corrected chi connectivity index (χ0v) is 12.6. The van der Waals surface area contributed by atoms with Crippen molar-refractivity contribution in [3.8, 4) is 0 Å². The summed E-state index contributed by atoms with van der Waals surface area (Å²) in [5.41, 5.74) is 6.62. The Morgan fingerprint density at radius 2 is 2.00 bits per heavy atom. The number of carbonyl (C=O) groups excluding carboxylic acids is 2. The van der Waals surface area contributed by atoms with Gasteiger partial charge in [0.05, 0.1) is 6.54 Å². The molecule has 1 spiro atoms. The van der Waals surface area contributed by atoms with Crippen LogP contribution in [-0.2, 0) is 11.3 Å². The van der Waals surface area contributed by atoms with Crippen molar-refractivity contribution >= 4 is 33.6 Å². The number of nitrogens with two attached hydrogens (primary N) is 1. The van der Waals surface area contributed by atoms with Gasteiger partial charge in [-0.15, -0.1) is 0 Å². The summed E-state index contributed by atoms with van der Waals surface area (Å²) >= 11 is 3.42. The Labute approximate surface area is 125 Å². The molecule has 0 radical (unpaired) electrons. The number of rotatable bonds is 2. The number of carbonyl (C=O) groups is 2. The second kappa shape index (κ2) is 4.77. The Morgan fingerprint density at radius 1 is 1.30 bits per heavy atom. The van der Waals surface area contributed by atoms with Gasteiger partial charge in [0.15, 0.2) is 0 Å². The first-order valence-corrected chi connectivity index (χ1v) is 7.50. The molecular formula is C14H16BrN3O2. The maximum absolute atomic E-state index is 12.6. The molecule has 2 fully saturated rings. The first-order valence-electron chi connectivity index (χ1n) is 6.70. The fraction of sp³-hybridized carbons (Fsp3) is 0.429. The Kier molecular flexibility index (Phi) is 3.20. The van der Waals surface area contributed by atoms with E-state index >= 15 is 0 Å². The molecular weight excluding hydrogens is 322 g/mol. The Balaban J connectivity index is 1.88. The van der Waals surface area contributed by atoms with Gasteiger partial charge in [0.1, 0.15) is 5.54 Å². The minimum atomic E-state index is -0.660. The predicted molar refractivity (Wildman–Crippen MR) is 78.8 cm³/mol. The number of urea groups is 1. The average molecular weight is 338 g/mol. The van der Waals surface area contributed by atoms with Crippen molar-refractivity contribution in [2.75, 3.05) is 5.73 Å². The lowest BCUT2D eigenvalue weighted by Gasteiger charge is -2.20. The summed E-state index contributed by atoms with van der Waals surface area (Å²) in [6.45, 7) is 0.208. The van der Waals surface area contributed by atoms with E-state index in [0.717, 1.165) is 35.7 Å². The van der Waals surface area contributed by atoms with Crippen molar-refractivity contribution < 1.29 is 9.59 Å². The van der Waals surface area contributed by atoms with Gasteiger partial charge >= 0.3 is 6.03 Å². The van der Waals surface area contributed by atoms with Crippen molar-refractivity contribution in [3.05, 3.63) is 28.2 Å². The van der Waals surface area contributed by atoms with E-state index in [4.69, 9.17) is 5.73 Å². The molecule has 3 N–H and O–H groups in total. The molecule has 5 nitrogen and oxygen atoms in total. The molecule has 6 heteroatoms.